The van der Waals surface area contributed by atoms with Crippen molar-refractivity contribution in [1.29, 1.82) is 0 Å². The van der Waals surface area contributed by atoms with Gasteiger partial charge >= 0.3 is 0 Å². The molecule has 0 saturated carbocycles. The first-order valence-corrected chi connectivity index (χ1v) is 12.3. The fraction of sp³-hybridized carbons (Fsp3) is 0.346. The van der Waals surface area contributed by atoms with Gasteiger partial charge < -0.3 is 20.3 Å². The molecular formula is C26H26ClFN4O4. The molecule has 0 aromatic heterocycles. The van der Waals surface area contributed by atoms with Crippen LogP contribution in [-0.2, 0) is 0 Å². The zero-order valence-electron chi connectivity index (χ0n) is 19.8. The maximum absolute atomic E-state index is 13.8. The van der Waals surface area contributed by atoms with E-state index in [1.165, 1.54) is 38.2 Å². The van der Waals surface area contributed by atoms with E-state index in [1.54, 1.807) is 18.2 Å². The molecule has 2 N–H and O–H groups in total. The van der Waals surface area contributed by atoms with Crippen LogP contribution in [0.2, 0.25) is 5.02 Å². The predicted octanol–water partition coefficient (Wildman–Crippen LogP) is 3.88. The van der Waals surface area contributed by atoms with Gasteiger partial charge in [0.1, 0.15) is 17.2 Å². The van der Waals surface area contributed by atoms with E-state index in [1.807, 2.05) is 4.90 Å². The van der Waals surface area contributed by atoms with Gasteiger partial charge in [0.2, 0.25) is 0 Å². The van der Waals surface area contributed by atoms with Crippen molar-refractivity contribution in [3.05, 3.63) is 73.2 Å². The number of hydrogen-bond donors (Lipinski definition) is 2. The lowest BCUT2D eigenvalue weighted by molar-refractivity contribution is 0.0370. The molecular weight excluding hydrogens is 487 g/mol. The fourth-order valence-electron chi connectivity index (χ4n) is 5.03. The highest BCUT2D eigenvalue weighted by Crippen LogP contribution is 2.35. The predicted molar refractivity (Wildman–Crippen MR) is 137 cm³/mol. The number of halogens is 2. The summed E-state index contributed by atoms with van der Waals surface area (Å²) in [4.78, 5) is 42.4. The normalized spacial score (nSPS) is 18.1. The van der Waals surface area contributed by atoms with Crippen LogP contribution in [0.5, 0.6) is 5.75 Å². The van der Waals surface area contributed by atoms with Crippen molar-refractivity contribution in [2.75, 3.05) is 43.9 Å². The molecule has 8 nitrogen and oxygen atoms in total. The van der Waals surface area contributed by atoms with Crippen molar-refractivity contribution < 1.29 is 13.9 Å². The standard InChI is InChI=1S/C26H26ClFN4O4/c1-36-25-16(26(35)32-13-12-31-11-3-2-6-15(31)14-32)7-4-10-19(25)30-22-21(23(33)24(22)34)29-18-9-5-8-17(28)20(18)27/h4-5,7-10,15,29-30H,2-3,6,11-14H2,1H3. The quantitative estimate of drug-likeness (QED) is 0.484. The van der Waals surface area contributed by atoms with Gasteiger partial charge in [-0.25, -0.2) is 4.39 Å². The molecule has 1 atom stereocenters. The van der Waals surface area contributed by atoms with Crippen LogP contribution < -0.4 is 26.2 Å². The Hall–Kier alpha value is -3.43. The molecule has 2 aliphatic heterocycles. The van der Waals surface area contributed by atoms with Crippen molar-refractivity contribution >= 4 is 40.3 Å². The van der Waals surface area contributed by atoms with Crippen LogP contribution in [0.4, 0.5) is 27.1 Å². The van der Waals surface area contributed by atoms with Gasteiger partial charge in [-0.3, -0.25) is 19.3 Å². The van der Waals surface area contributed by atoms with E-state index in [0.717, 1.165) is 19.5 Å². The average molecular weight is 513 g/mol. The minimum Gasteiger partial charge on any atom is -0.494 e. The number of anilines is 4. The number of amides is 1. The average Bonchev–Trinajstić information content (AvgIpc) is 2.91. The summed E-state index contributed by atoms with van der Waals surface area (Å²) in [5.41, 5.74) is -0.664. The molecule has 3 aromatic rings. The summed E-state index contributed by atoms with van der Waals surface area (Å²) in [5, 5.41) is 5.48. The monoisotopic (exact) mass is 512 g/mol. The Balaban J connectivity index is 1.40. The highest BCUT2D eigenvalue weighted by Gasteiger charge is 2.33. The Bertz CT molecular complexity index is 1390. The molecule has 2 heterocycles. The van der Waals surface area contributed by atoms with Gasteiger partial charge in [0.05, 0.1) is 29.1 Å². The zero-order valence-corrected chi connectivity index (χ0v) is 20.5. The summed E-state index contributed by atoms with van der Waals surface area (Å²) in [5.74, 6) is -0.524. The molecule has 0 spiro atoms. The number of rotatable bonds is 6. The number of carbonyl (C=O) groups is 1. The van der Waals surface area contributed by atoms with Gasteiger partial charge in [0.25, 0.3) is 16.8 Å². The minimum absolute atomic E-state index is 0.0148. The van der Waals surface area contributed by atoms with Crippen molar-refractivity contribution in [3.63, 3.8) is 0 Å². The third kappa shape index (κ3) is 4.33. The Morgan fingerprint density at radius 1 is 1.00 bits per heavy atom. The number of hydrogen-bond acceptors (Lipinski definition) is 7. The molecule has 0 aliphatic carbocycles. The molecule has 0 bridgehead atoms. The van der Waals surface area contributed by atoms with E-state index in [9.17, 15) is 18.8 Å². The highest BCUT2D eigenvalue weighted by atomic mass is 35.5. The molecule has 0 radical (unpaired) electrons. The maximum Gasteiger partial charge on any atom is 0.257 e. The number of nitrogens with one attached hydrogen (secondary N) is 2. The van der Waals surface area contributed by atoms with Gasteiger partial charge in [-0.1, -0.05) is 30.2 Å². The van der Waals surface area contributed by atoms with Crippen LogP contribution in [-0.4, -0.2) is 55.0 Å². The Kier molecular flexibility index (Phi) is 6.68. The number of carbonyl (C=O) groups excluding carboxylic acids is 1. The van der Waals surface area contributed by atoms with Crippen LogP contribution in [0.1, 0.15) is 29.6 Å². The largest absolute Gasteiger partial charge is 0.494 e. The lowest BCUT2D eigenvalue weighted by atomic mass is 9.99. The molecule has 1 amide bonds. The van der Waals surface area contributed by atoms with Gasteiger partial charge in [-0.15, -0.1) is 0 Å². The number of fused-ring (bicyclic) bond motifs is 1. The number of para-hydroxylation sites is 1. The Labute approximate surface area is 212 Å². The number of benzene rings is 2. The van der Waals surface area contributed by atoms with Crippen LogP contribution in [0.25, 0.3) is 0 Å². The van der Waals surface area contributed by atoms with Gasteiger partial charge in [-0.05, 0) is 43.7 Å². The van der Waals surface area contributed by atoms with E-state index in [4.69, 9.17) is 16.3 Å². The van der Waals surface area contributed by atoms with Crippen LogP contribution in [0.3, 0.4) is 0 Å². The second-order valence-corrected chi connectivity index (χ2v) is 9.46. The molecule has 188 valence electrons. The highest BCUT2D eigenvalue weighted by molar-refractivity contribution is 6.33. The Morgan fingerprint density at radius 2 is 1.69 bits per heavy atom. The minimum atomic E-state index is -0.755. The topological polar surface area (TPSA) is 91.0 Å². The van der Waals surface area contributed by atoms with Crippen LogP contribution in [0, 0.1) is 5.82 Å². The summed E-state index contributed by atoms with van der Waals surface area (Å²) in [6, 6.07) is 9.53. The third-order valence-electron chi connectivity index (χ3n) is 6.96. The summed E-state index contributed by atoms with van der Waals surface area (Å²) in [6.45, 7) is 3.23. The molecule has 2 saturated heterocycles. The maximum atomic E-state index is 13.8. The number of ether oxygens (including phenoxy) is 1. The second kappa shape index (κ2) is 9.91. The summed E-state index contributed by atoms with van der Waals surface area (Å²) < 4.78 is 19.4. The first-order chi connectivity index (χ1) is 17.4. The lowest BCUT2D eigenvalue weighted by Crippen LogP contribution is -2.56. The molecule has 3 aromatic carbocycles. The number of piperazine rings is 1. The molecule has 36 heavy (non-hydrogen) atoms. The first kappa shape index (κ1) is 24.3. The molecule has 5 rings (SSSR count). The summed E-state index contributed by atoms with van der Waals surface area (Å²) in [6.07, 6.45) is 3.45. The van der Waals surface area contributed by atoms with Gasteiger partial charge in [-0.2, -0.15) is 0 Å². The number of nitrogens with zero attached hydrogens (tertiary/aromatic N) is 2. The Morgan fingerprint density at radius 3 is 2.44 bits per heavy atom. The fourth-order valence-corrected chi connectivity index (χ4v) is 5.21. The van der Waals surface area contributed by atoms with Gasteiger partial charge in [0.15, 0.2) is 5.75 Å². The van der Waals surface area contributed by atoms with E-state index >= 15 is 0 Å². The van der Waals surface area contributed by atoms with Crippen molar-refractivity contribution in [3.8, 4) is 5.75 Å². The molecule has 10 heteroatoms. The zero-order chi connectivity index (χ0) is 25.4. The van der Waals surface area contributed by atoms with E-state index < -0.39 is 16.7 Å². The number of methoxy groups -OCH3 is 1. The third-order valence-corrected chi connectivity index (χ3v) is 7.34. The number of piperidine rings is 1. The SMILES string of the molecule is COc1c(Nc2c(Nc3cccc(F)c3Cl)c(=O)c2=O)cccc1C(=O)N1CCN2CCCCC2C1. The molecule has 2 fully saturated rings. The van der Waals surface area contributed by atoms with Crippen LogP contribution >= 0.6 is 11.6 Å². The van der Waals surface area contributed by atoms with Crippen molar-refractivity contribution in [2.24, 2.45) is 0 Å². The van der Waals surface area contributed by atoms with E-state index in [0.29, 0.717) is 30.4 Å². The summed E-state index contributed by atoms with van der Waals surface area (Å²) >= 11 is 5.99. The smallest absolute Gasteiger partial charge is 0.257 e. The van der Waals surface area contributed by atoms with Gasteiger partial charge in [0, 0.05) is 25.7 Å². The van der Waals surface area contributed by atoms with Crippen molar-refractivity contribution in [2.45, 2.75) is 25.3 Å². The van der Waals surface area contributed by atoms with Crippen molar-refractivity contribution in [1.82, 2.24) is 9.80 Å². The van der Waals surface area contributed by atoms with Crippen LogP contribution in [0.15, 0.2) is 46.0 Å². The summed E-state index contributed by atoms with van der Waals surface area (Å²) in [7, 11) is 1.45. The molecule has 2 aliphatic rings. The van der Waals surface area contributed by atoms with E-state index in [2.05, 4.69) is 15.5 Å². The van der Waals surface area contributed by atoms with E-state index in [-0.39, 0.29) is 33.7 Å². The molecule has 1 unspecified atom stereocenters. The second-order valence-electron chi connectivity index (χ2n) is 9.08. The lowest BCUT2D eigenvalue weighted by Gasteiger charge is -2.44. The first-order valence-electron chi connectivity index (χ1n) is 11.9.